The average molecular weight is 361 g/mol. The predicted octanol–water partition coefficient (Wildman–Crippen LogP) is 3.94. The predicted molar refractivity (Wildman–Crippen MR) is 96.5 cm³/mol. The van der Waals surface area contributed by atoms with E-state index in [0.717, 1.165) is 5.56 Å². The van der Waals surface area contributed by atoms with Crippen LogP contribution in [0.15, 0.2) is 47.6 Å². The van der Waals surface area contributed by atoms with E-state index >= 15 is 0 Å². The highest BCUT2D eigenvalue weighted by atomic mass is 32.2. The van der Waals surface area contributed by atoms with Crippen LogP contribution in [0.1, 0.15) is 19.4 Å². The Morgan fingerprint density at radius 1 is 1.28 bits per heavy atom. The number of aryl methyl sites for hydroxylation is 1. The molecule has 0 bridgehead atoms. The van der Waals surface area contributed by atoms with Gasteiger partial charge in [0.05, 0.1) is 5.69 Å². The zero-order valence-electron chi connectivity index (χ0n) is 14.3. The third kappa shape index (κ3) is 3.51. The lowest BCUT2D eigenvalue weighted by Gasteiger charge is -2.09. The average Bonchev–Trinajstić information content (AvgIpc) is 2.89. The van der Waals surface area contributed by atoms with Gasteiger partial charge in [0.15, 0.2) is 0 Å². The number of hydrogen-bond acceptors (Lipinski definition) is 3. The lowest BCUT2D eigenvalue weighted by Crippen LogP contribution is -2.14. The highest BCUT2D eigenvalue weighted by Gasteiger charge is 2.23. The van der Waals surface area contributed by atoms with E-state index in [9.17, 15) is 12.8 Å². The first-order valence-corrected chi connectivity index (χ1v) is 9.49. The fourth-order valence-corrected chi connectivity index (χ4v) is 4.02. The van der Waals surface area contributed by atoms with E-state index in [4.69, 9.17) is 0 Å². The Morgan fingerprint density at radius 3 is 2.72 bits per heavy atom. The van der Waals surface area contributed by atoms with Crippen molar-refractivity contribution in [2.75, 3.05) is 4.72 Å². The Balaban J connectivity index is 2.08. The number of hydrogen-bond donors (Lipinski definition) is 1. The van der Waals surface area contributed by atoms with Crippen molar-refractivity contribution in [1.29, 1.82) is 0 Å². The second-order valence-electron chi connectivity index (χ2n) is 6.50. The molecule has 0 unspecified atom stereocenters. The lowest BCUT2D eigenvalue weighted by molar-refractivity contribution is 0.530. The number of rotatable bonds is 5. The highest BCUT2D eigenvalue weighted by Crippen LogP contribution is 2.27. The molecule has 1 aromatic carbocycles. The quantitative estimate of drug-likeness (QED) is 0.749. The minimum Gasteiger partial charge on any atom is -0.331 e. The van der Waals surface area contributed by atoms with Crippen LogP contribution in [0.4, 0.5) is 10.1 Å². The Bertz CT molecular complexity index is 1030. The molecule has 0 saturated heterocycles. The van der Waals surface area contributed by atoms with Crippen LogP contribution in [0.2, 0.25) is 0 Å². The summed E-state index contributed by atoms with van der Waals surface area (Å²) in [4.78, 5) is 4.39. The summed E-state index contributed by atoms with van der Waals surface area (Å²) in [5, 5.41) is 0.517. The van der Waals surface area contributed by atoms with Crippen LogP contribution >= 0.6 is 0 Å². The third-order valence-corrected chi connectivity index (χ3v) is 5.21. The number of benzene rings is 1. The molecule has 0 fully saturated rings. The van der Waals surface area contributed by atoms with E-state index in [0.29, 0.717) is 23.5 Å². The number of nitrogens with zero attached hydrogens (tertiary/aromatic N) is 2. The van der Waals surface area contributed by atoms with E-state index in [-0.39, 0.29) is 10.6 Å². The van der Waals surface area contributed by atoms with E-state index in [2.05, 4.69) is 9.71 Å². The summed E-state index contributed by atoms with van der Waals surface area (Å²) in [5.74, 6) is -0.275. The molecule has 2 aromatic heterocycles. The van der Waals surface area contributed by atoms with E-state index < -0.39 is 15.8 Å². The monoisotopic (exact) mass is 361 g/mol. The van der Waals surface area contributed by atoms with Crippen LogP contribution in [0.25, 0.3) is 11.0 Å². The molecular formula is C18H20FN3O2S. The molecule has 0 atom stereocenters. The zero-order valence-corrected chi connectivity index (χ0v) is 15.1. The van der Waals surface area contributed by atoms with Crippen molar-refractivity contribution in [3.8, 4) is 0 Å². The van der Waals surface area contributed by atoms with Crippen LogP contribution < -0.4 is 4.72 Å². The number of nitrogens with one attached hydrogen (secondary N) is 1. The number of anilines is 1. The molecule has 0 amide bonds. The minimum atomic E-state index is -3.94. The smallest absolute Gasteiger partial charge is 0.264 e. The Kier molecular flexibility index (Phi) is 4.51. The van der Waals surface area contributed by atoms with Crippen molar-refractivity contribution in [2.45, 2.75) is 32.2 Å². The molecule has 25 heavy (non-hydrogen) atoms. The first-order chi connectivity index (χ1) is 11.8. The van der Waals surface area contributed by atoms with Crippen LogP contribution in [0.5, 0.6) is 0 Å². The standard InChI is InChI=1S/C18H20FN3O2S/c1-12(2)10-22-11-17(14-5-4-8-20-18(14)22)25(23,24)21-16-7-6-13(3)9-15(16)19/h4-9,11-12,21H,10H2,1-3H3. The minimum absolute atomic E-state index is 0.0701. The van der Waals surface area contributed by atoms with Gasteiger partial charge in [-0.1, -0.05) is 19.9 Å². The number of sulfonamides is 1. The van der Waals surface area contributed by atoms with Crippen LogP contribution in [0, 0.1) is 18.7 Å². The van der Waals surface area contributed by atoms with Gasteiger partial charge in [0, 0.05) is 24.3 Å². The van der Waals surface area contributed by atoms with Crippen molar-refractivity contribution >= 4 is 26.7 Å². The molecule has 0 spiro atoms. The van der Waals surface area contributed by atoms with Crippen LogP contribution in [0.3, 0.4) is 0 Å². The molecule has 2 heterocycles. The second kappa shape index (κ2) is 6.48. The molecule has 0 aliphatic rings. The van der Waals surface area contributed by atoms with E-state index in [1.165, 1.54) is 12.1 Å². The number of fused-ring (bicyclic) bond motifs is 1. The Morgan fingerprint density at radius 2 is 2.04 bits per heavy atom. The molecule has 3 rings (SSSR count). The van der Waals surface area contributed by atoms with Gasteiger partial charge in [-0.3, -0.25) is 4.72 Å². The molecule has 5 nitrogen and oxygen atoms in total. The van der Waals surface area contributed by atoms with Gasteiger partial charge in [-0.15, -0.1) is 0 Å². The largest absolute Gasteiger partial charge is 0.331 e. The molecule has 0 saturated carbocycles. The molecule has 132 valence electrons. The summed E-state index contributed by atoms with van der Waals surface area (Å²) in [5.41, 5.74) is 1.25. The number of aromatic nitrogens is 2. The SMILES string of the molecule is Cc1ccc(NS(=O)(=O)c2cn(CC(C)C)c3ncccc23)c(F)c1. The van der Waals surface area contributed by atoms with Gasteiger partial charge in [-0.25, -0.2) is 17.8 Å². The summed E-state index contributed by atoms with van der Waals surface area (Å²) < 4.78 is 43.9. The Hall–Kier alpha value is -2.41. The fourth-order valence-electron chi connectivity index (χ4n) is 2.74. The van der Waals surface area contributed by atoms with Crippen molar-refractivity contribution < 1.29 is 12.8 Å². The molecule has 0 aliphatic carbocycles. The Labute approximate surface area is 146 Å². The second-order valence-corrected chi connectivity index (χ2v) is 8.15. The van der Waals surface area contributed by atoms with Gasteiger partial charge in [-0.05, 0) is 42.7 Å². The summed E-state index contributed by atoms with van der Waals surface area (Å²) in [7, 11) is -3.94. The van der Waals surface area contributed by atoms with Gasteiger partial charge in [0.25, 0.3) is 10.0 Å². The van der Waals surface area contributed by atoms with Gasteiger partial charge in [-0.2, -0.15) is 0 Å². The molecule has 1 N–H and O–H groups in total. The van der Waals surface area contributed by atoms with Gasteiger partial charge < -0.3 is 4.57 Å². The van der Waals surface area contributed by atoms with Crippen LogP contribution in [-0.4, -0.2) is 18.0 Å². The van der Waals surface area contributed by atoms with Crippen molar-refractivity contribution in [2.24, 2.45) is 5.92 Å². The highest BCUT2D eigenvalue weighted by molar-refractivity contribution is 7.93. The topological polar surface area (TPSA) is 64.0 Å². The zero-order chi connectivity index (χ0) is 18.2. The summed E-state index contributed by atoms with van der Waals surface area (Å²) in [6, 6.07) is 7.77. The lowest BCUT2D eigenvalue weighted by atomic mass is 10.2. The third-order valence-electron chi connectivity index (χ3n) is 3.82. The van der Waals surface area contributed by atoms with Crippen molar-refractivity contribution in [3.63, 3.8) is 0 Å². The maximum absolute atomic E-state index is 14.0. The van der Waals surface area contributed by atoms with Crippen LogP contribution in [-0.2, 0) is 16.6 Å². The summed E-state index contributed by atoms with van der Waals surface area (Å²) in [6.07, 6.45) is 3.19. The molecule has 7 heteroatoms. The van der Waals surface area contributed by atoms with Gasteiger partial charge in [0.1, 0.15) is 16.4 Å². The van der Waals surface area contributed by atoms with Crippen molar-refractivity contribution in [3.05, 3.63) is 54.1 Å². The summed E-state index contributed by atoms with van der Waals surface area (Å²) >= 11 is 0. The van der Waals surface area contributed by atoms with E-state index in [1.54, 1.807) is 37.5 Å². The normalized spacial score (nSPS) is 12.0. The van der Waals surface area contributed by atoms with E-state index in [1.807, 2.05) is 18.4 Å². The molecular weight excluding hydrogens is 341 g/mol. The molecule has 3 aromatic rings. The summed E-state index contributed by atoms with van der Waals surface area (Å²) in [6.45, 7) is 6.47. The maximum atomic E-state index is 14.0. The first-order valence-electron chi connectivity index (χ1n) is 8.01. The molecule has 0 radical (unpaired) electrons. The van der Waals surface area contributed by atoms with Gasteiger partial charge in [0.2, 0.25) is 0 Å². The molecule has 0 aliphatic heterocycles. The number of halogens is 1. The fraction of sp³-hybridized carbons (Fsp3) is 0.278. The maximum Gasteiger partial charge on any atom is 0.264 e. The first kappa shape index (κ1) is 17.4. The van der Waals surface area contributed by atoms with Crippen molar-refractivity contribution in [1.82, 2.24) is 9.55 Å². The number of pyridine rings is 1. The van der Waals surface area contributed by atoms with Gasteiger partial charge >= 0.3 is 0 Å².